The van der Waals surface area contributed by atoms with Crippen molar-refractivity contribution in [2.45, 2.75) is 25.6 Å². The minimum absolute atomic E-state index is 0.176. The lowest BCUT2D eigenvalue weighted by atomic mass is 9.97. The number of para-hydroxylation sites is 1. The number of rotatable bonds is 5. The van der Waals surface area contributed by atoms with E-state index in [9.17, 15) is 9.59 Å². The van der Waals surface area contributed by atoms with Gasteiger partial charge in [0.2, 0.25) is 0 Å². The molecule has 8 nitrogen and oxygen atoms in total. The van der Waals surface area contributed by atoms with Gasteiger partial charge in [0.15, 0.2) is 0 Å². The molecule has 1 atom stereocenters. The number of carbonyl (C=O) groups is 2. The third kappa shape index (κ3) is 3.50. The van der Waals surface area contributed by atoms with Crippen molar-refractivity contribution in [3.05, 3.63) is 82.2 Å². The lowest BCUT2D eigenvalue weighted by Gasteiger charge is -2.32. The second-order valence-electron chi connectivity index (χ2n) is 8.21. The largest absolute Gasteiger partial charge is 0.379 e. The number of H-pyrrole nitrogens is 1. The second kappa shape index (κ2) is 8.35. The number of aromatic nitrogens is 4. The number of carbonyl (C=O) groups excluding carboxylic acids is 2. The minimum atomic E-state index is -0.513. The van der Waals surface area contributed by atoms with Gasteiger partial charge >= 0.3 is 0 Å². The highest BCUT2D eigenvalue weighted by Crippen LogP contribution is 2.31. The van der Waals surface area contributed by atoms with Gasteiger partial charge in [-0.15, -0.1) is 11.3 Å². The standard InChI is InChI=1S/C25H20N6O2S/c32-13-16-10-18-17-3-1-2-4-19(17)30-23(18)12-31(16)25(33)24-22(29-14-34-24)11-28-15-5-6-20-21(9-15)27-8-7-26-20/h1-9,13-14,16,28,30H,10-12H2/t16-/m1/s1. The van der Waals surface area contributed by atoms with Gasteiger partial charge in [-0.25, -0.2) is 4.98 Å². The van der Waals surface area contributed by atoms with Crippen molar-refractivity contribution in [2.75, 3.05) is 5.32 Å². The number of hydrogen-bond donors (Lipinski definition) is 2. The molecule has 4 heterocycles. The van der Waals surface area contributed by atoms with Crippen LogP contribution in [-0.4, -0.2) is 43.1 Å². The summed E-state index contributed by atoms with van der Waals surface area (Å²) in [5.74, 6) is -0.176. The molecule has 0 unspecified atom stereocenters. The highest BCUT2D eigenvalue weighted by Gasteiger charge is 2.33. The molecule has 1 aliphatic heterocycles. The Labute approximate surface area is 198 Å². The molecule has 0 saturated carbocycles. The summed E-state index contributed by atoms with van der Waals surface area (Å²) >= 11 is 1.30. The number of nitrogens with zero attached hydrogens (tertiary/aromatic N) is 4. The van der Waals surface area contributed by atoms with Crippen molar-refractivity contribution in [3.63, 3.8) is 0 Å². The number of aldehydes is 1. The lowest BCUT2D eigenvalue weighted by molar-refractivity contribution is -0.112. The van der Waals surface area contributed by atoms with Crippen molar-refractivity contribution in [1.29, 1.82) is 0 Å². The first-order chi connectivity index (χ1) is 16.7. The molecule has 0 spiro atoms. The zero-order chi connectivity index (χ0) is 23.1. The Morgan fingerprint density at radius 3 is 2.88 bits per heavy atom. The molecule has 5 aromatic rings. The van der Waals surface area contributed by atoms with Gasteiger partial charge < -0.3 is 20.0 Å². The number of amides is 1. The molecule has 2 aromatic carbocycles. The maximum atomic E-state index is 13.5. The van der Waals surface area contributed by atoms with E-state index in [2.05, 4.69) is 31.3 Å². The monoisotopic (exact) mass is 468 g/mol. The molecule has 1 aliphatic rings. The Balaban J connectivity index is 1.24. The van der Waals surface area contributed by atoms with E-state index in [0.717, 1.165) is 45.2 Å². The van der Waals surface area contributed by atoms with Crippen LogP contribution in [-0.2, 0) is 24.3 Å². The van der Waals surface area contributed by atoms with Crippen LogP contribution in [0.2, 0.25) is 0 Å². The van der Waals surface area contributed by atoms with Crippen LogP contribution in [0.15, 0.2) is 60.4 Å². The zero-order valence-electron chi connectivity index (χ0n) is 18.1. The maximum absolute atomic E-state index is 13.5. The third-order valence-corrected chi connectivity index (χ3v) is 7.08. The van der Waals surface area contributed by atoms with Crippen LogP contribution in [0, 0.1) is 0 Å². The van der Waals surface area contributed by atoms with Gasteiger partial charge in [-0.2, -0.15) is 0 Å². The van der Waals surface area contributed by atoms with E-state index >= 15 is 0 Å². The number of aromatic amines is 1. The van der Waals surface area contributed by atoms with Crippen molar-refractivity contribution in [1.82, 2.24) is 24.8 Å². The highest BCUT2D eigenvalue weighted by atomic mass is 32.1. The Morgan fingerprint density at radius 2 is 2.00 bits per heavy atom. The Kier molecular flexibility index (Phi) is 5.03. The first kappa shape index (κ1) is 20.5. The van der Waals surface area contributed by atoms with Crippen molar-refractivity contribution in [2.24, 2.45) is 0 Å². The van der Waals surface area contributed by atoms with Crippen LogP contribution >= 0.6 is 11.3 Å². The van der Waals surface area contributed by atoms with Crippen LogP contribution < -0.4 is 5.32 Å². The minimum Gasteiger partial charge on any atom is -0.379 e. The Hall–Kier alpha value is -4.11. The lowest BCUT2D eigenvalue weighted by Crippen LogP contribution is -2.45. The van der Waals surface area contributed by atoms with Gasteiger partial charge in [-0.3, -0.25) is 14.8 Å². The summed E-state index contributed by atoms with van der Waals surface area (Å²) in [5.41, 5.74) is 7.92. The van der Waals surface area contributed by atoms with Gasteiger partial charge in [0.25, 0.3) is 5.91 Å². The van der Waals surface area contributed by atoms with Crippen molar-refractivity contribution in [3.8, 4) is 0 Å². The van der Waals surface area contributed by atoms with Gasteiger partial charge in [0.05, 0.1) is 41.4 Å². The molecule has 0 radical (unpaired) electrons. The van der Waals surface area contributed by atoms with Crippen molar-refractivity contribution < 1.29 is 9.59 Å². The van der Waals surface area contributed by atoms with Crippen LogP contribution in [0.3, 0.4) is 0 Å². The predicted molar refractivity (Wildman–Crippen MR) is 131 cm³/mol. The van der Waals surface area contributed by atoms with Crippen LogP contribution in [0.4, 0.5) is 5.69 Å². The molecule has 6 rings (SSSR count). The predicted octanol–water partition coefficient (Wildman–Crippen LogP) is 3.95. The molecule has 0 fully saturated rings. The molecule has 0 bridgehead atoms. The molecule has 1 amide bonds. The Bertz CT molecular complexity index is 1540. The average Bonchev–Trinajstić information content (AvgIpc) is 3.50. The second-order valence-corrected chi connectivity index (χ2v) is 9.06. The van der Waals surface area contributed by atoms with Gasteiger partial charge in [-0.05, 0) is 29.8 Å². The third-order valence-electron chi connectivity index (χ3n) is 6.23. The highest BCUT2D eigenvalue weighted by molar-refractivity contribution is 7.11. The fraction of sp³-hybridized carbons (Fsp3) is 0.160. The van der Waals surface area contributed by atoms with E-state index in [0.29, 0.717) is 30.1 Å². The molecule has 0 aliphatic carbocycles. The fourth-order valence-corrected chi connectivity index (χ4v) is 5.30. The van der Waals surface area contributed by atoms with Crippen LogP contribution in [0.5, 0.6) is 0 Å². The summed E-state index contributed by atoms with van der Waals surface area (Å²) in [6, 6.07) is 13.3. The Morgan fingerprint density at radius 1 is 1.15 bits per heavy atom. The first-order valence-electron chi connectivity index (χ1n) is 10.9. The SMILES string of the molecule is O=C[C@H]1Cc2c([nH]c3ccccc23)CN1C(=O)c1scnc1CNc1ccc2nccnc2c1. The molecular weight excluding hydrogens is 448 g/mol. The number of anilines is 1. The molecular formula is C25H20N6O2S. The van der Waals surface area contributed by atoms with Crippen LogP contribution in [0.1, 0.15) is 26.6 Å². The van der Waals surface area contributed by atoms with E-state index in [-0.39, 0.29) is 5.91 Å². The topological polar surface area (TPSA) is 104 Å². The quantitative estimate of drug-likeness (QED) is 0.379. The molecule has 9 heteroatoms. The number of fused-ring (bicyclic) bond motifs is 4. The van der Waals surface area contributed by atoms with Crippen molar-refractivity contribution >= 4 is 51.2 Å². The first-order valence-corrected chi connectivity index (χ1v) is 11.8. The van der Waals surface area contributed by atoms with E-state index < -0.39 is 6.04 Å². The van der Waals surface area contributed by atoms with Gasteiger partial charge in [0.1, 0.15) is 11.2 Å². The summed E-state index contributed by atoms with van der Waals surface area (Å²) in [4.78, 5) is 44.2. The summed E-state index contributed by atoms with van der Waals surface area (Å²) < 4.78 is 0. The normalized spacial score (nSPS) is 15.4. The summed E-state index contributed by atoms with van der Waals surface area (Å²) in [6.07, 6.45) is 4.69. The van der Waals surface area contributed by atoms with E-state index in [4.69, 9.17) is 0 Å². The molecule has 168 valence electrons. The molecule has 2 N–H and O–H groups in total. The van der Waals surface area contributed by atoms with Crippen LogP contribution in [0.25, 0.3) is 21.9 Å². The fourth-order valence-electron chi connectivity index (χ4n) is 4.53. The summed E-state index contributed by atoms with van der Waals surface area (Å²) in [6.45, 7) is 0.744. The molecule has 3 aromatic heterocycles. The van der Waals surface area contributed by atoms with E-state index in [1.807, 2.05) is 36.4 Å². The smallest absolute Gasteiger partial charge is 0.266 e. The number of hydrogen-bond acceptors (Lipinski definition) is 7. The zero-order valence-corrected chi connectivity index (χ0v) is 18.9. The average molecular weight is 469 g/mol. The molecule has 34 heavy (non-hydrogen) atoms. The molecule has 0 saturated heterocycles. The number of nitrogens with one attached hydrogen (secondary N) is 2. The number of benzene rings is 2. The summed E-state index contributed by atoms with van der Waals surface area (Å²) in [5, 5.41) is 4.44. The number of thiazole rings is 1. The summed E-state index contributed by atoms with van der Waals surface area (Å²) in [7, 11) is 0. The van der Waals surface area contributed by atoms with Gasteiger partial charge in [-0.1, -0.05) is 18.2 Å². The van der Waals surface area contributed by atoms with E-state index in [1.54, 1.807) is 22.8 Å². The van der Waals surface area contributed by atoms with E-state index in [1.165, 1.54) is 11.3 Å². The van der Waals surface area contributed by atoms with Gasteiger partial charge in [0, 0.05) is 41.1 Å². The maximum Gasteiger partial charge on any atom is 0.266 e.